The van der Waals surface area contributed by atoms with Crippen molar-refractivity contribution in [2.45, 2.75) is 13.2 Å². The van der Waals surface area contributed by atoms with Gasteiger partial charge in [-0.3, -0.25) is 0 Å². The second-order valence-electron chi connectivity index (χ2n) is 5.41. The molecule has 0 fully saturated rings. The number of nitrogens with zero attached hydrogens (tertiary/aromatic N) is 2. The van der Waals surface area contributed by atoms with Crippen molar-refractivity contribution in [2.75, 3.05) is 5.32 Å². The van der Waals surface area contributed by atoms with Crippen molar-refractivity contribution in [1.29, 1.82) is 0 Å². The molecule has 6 nitrogen and oxygen atoms in total. The van der Waals surface area contributed by atoms with Gasteiger partial charge in [0, 0.05) is 12.7 Å². The topological polar surface area (TPSA) is 84.3 Å². The summed E-state index contributed by atoms with van der Waals surface area (Å²) in [5.74, 6) is 0.0117. The Labute approximate surface area is 155 Å². The predicted molar refractivity (Wildman–Crippen MR) is 98.5 cm³/mol. The van der Waals surface area contributed by atoms with Crippen LogP contribution in [0.4, 0.5) is 5.82 Å². The van der Waals surface area contributed by atoms with Crippen LogP contribution in [0.15, 0.2) is 60.8 Å². The first kappa shape index (κ1) is 17.7. The Morgan fingerprint density at radius 1 is 1.12 bits per heavy atom. The van der Waals surface area contributed by atoms with Crippen molar-refractivity contribution >= 4 is 23.4 Å². The Balaban J connectivity index is 1.75. The highest BCUT2D eigenvalue weighted by Crippen LogP contribution is 2.24. The number of aromatic carboxylic acids is 1. The Hall–Kier alpha value is -3.12. The maximum atomic E-state index is 11.4. The number of benzene rings is 2. The van der Waals surface area contributed by atoms with Gasteiger partial charge in [0.2, 0.25) is 0 Å². The SMILES string of the molecule is O=C(O)c1cnc(COc2ccccc2Cl)nc1NCc1ccccc1. The van der Waals surface area contributed by atoms with E-state index in [1.807, 2.05) is 36.4 Å². The quantitative estimate of drug-likeness (QED) is 0.654. The third-order valence-electron chi connectivity index (χ3n) is 3.57. The number of carbonyl (C=O) groups is 1. The summed E-state index contributed by atoms with van der Waals surface area (Å²) in [5, 5.41) is 12.9. The van der Waals surface area contributed by atoms with Crippen LogP contribution in [0.5, 0.6) is 5.75 Å². The summed E-state index contributed by atoms with van der Waals surface area (Å²) in [6.07, 6.45) is 1.27. The Bertz CT molecular complexity index is 904. The zero-order chi connectivity index (χ0) is 18.4. The lowest BCUT2D eigenvalue weighted by Crippen LogP contribution is -2.12. The number of para-hydroxylation sites is 1. The van der Waals surface area contributed by atoms with Crippen LogP contribution in [0.1, 0.15) is 21.7 Å². The summed E-state index contributed by atoms with van der Waals surface area (Å²) < 4.78 is 5.61. The van der Waals surface area contributed by atoms with E-state index in [1.165, 1.54) is 6.20 Å². The summed E-state index contributed by atoms with van der Waals surface area (Å²) >= 11 is 6.05. The number of anilines is 1. The van der Waals surface area contributed by atoms with Crippen LogP contribution in [0.25, 0.3) is 0 Å². The highest BCUT2D eigenvalue weighted by Gasteiger charge is 2.14. The molecular formula is C19H16ClN3O3. The van der Waals surface area contributed by atoms with Crippen LogP contribution < -0.4 is 10.1 Å². The van der Waals surface area contributed by atoms with Crippen molar-refractivity contribution in [3.63, 3.8) is 0 Å². The van der Waals surface area contributed by atoms with Gasteiger partial charge in [0.05, 0.1) is 5.02 Å². The lowest BCUT2D eigenvalue weighted by molar-refractivity contribution is 0.0697. The summed E-state index contributed by atoms with van der Waals surface area (Å²) in [5.41, 5.74) is 1.01. The summed E-state index contributed by atoms with van der Waals surface area (Å²) in [6.45, 7) is 0.520. The molecule has 0 unspecified atom stereocenters. The molecule has 132 valence electrons. The average Bonchev–Trinajstić information content (AvgIpc) is 2.66. The molecule has 0 bridgehead atoms. The number of nitrogens with one attached hydrogen (secondary N) is 1. The first-order valence-electron chi connectivity index (χ1n) is 7.88. The lowest BCUT2D eigenvalue weighted by Gasteiger charge is -2.11. The summed E-state index contributed by atoms with van der Waals surface area (Å²) in [4.78, 5) is 19.7. The zero-order valence-corrected chi connectivity index (χ0v) is 14.5. The fourth-order valence-electron chi connectivity index (χ4n) is 2.26. The Kier molecular flexibility index (Phi) is 5.66. The summed E-state index contributed by atoms with van der Waals surface area (Å²) in [6, 6.07) is 16.7. The molecule has 2 aromatic carbocycles. The molecule has 0 aliphatic rings. The number of hydrogen-bond donors (Lipinski definition) is 2. The number of ether oxygens (including phenoxy) is 1. The average molecular weight is 370 g/mol. The molecule has 0 spiro atoms. The largest absolute Gasteiger partial charge is 0.484 e. The Morgan fingerprint density at radius 2 is 1.85 bits per heavy atom. The molecule has 0 radical (unpaired) electrons. The van der Waals surface area contributed by atoms with Gasteiger partial charge in [-0.2, -0.15) is 0 Å². The molecule has 0 atom stereocenters. The first-order valence-corrected chi connectivity index (χ1v) is 8.25. The van der Waals surface area contributed by atoms with Gasteiger partial charge in [0.1, 0.15) is 23.7 Å². The maximum Gasteiger partial charge on any atom is 0.341 e. The van der Waals surface area contributed by atoms with Crippen LogP contribution in [-0.2, 0) is 13.2 Å². The number of carboxylic acids is 1. The zero-order valence-electron chi connectivity index (χ0n) is 13.7. The number of hydrogen-bond acceptors (Lipinski definition) is 5. The highest BCUT2D eigenvalue weighted by atomic mass is 35.5. The van der Waals surface area contributed by atoms with Gasteiger partial charge in [-0.05, 0) is 17.7 Å². The van der Waals surface area contributed by atoms with Gasteiger partial charge in [0.15, 0.2) is 5.82 Å². The molecule has 0 saturated carbocycles. The van der Waals surface area contributed by atoms with Gasteiger partial charge in [0.25, 0.3) is 0 Å². The highest BCUT2D eigenvalue weighted by molar-refractivity contribution is 6.32. The van der Waals surface area contributed by atoms with E-state index >= 15 is 0 Å². The van der Waals surface area contributed by atoms with E-state index in [1.54, 1.807) is 18.2 Å². The van der Waals surface area contributed by atoms with Crippen LogP contribution in [0.2, 0.25) is 5.02 Å². The van der Waals surface area contributed by atoms with Crippen LogP contribution >= 0.6 is 11.6 Å². The predicted octanol–water partition coefficient (Wildman–Crippen LogP) is 4.02. The molecule has 0 aliphatic heterocycles. The van der Waals surface area contributed by atoms with Crippen LogP contribution in [0, 0.1) is 0 Å². The molecule has 2 N–H and O–H groups in total. The third kappa shape index (κ3) is 4.49. The van der Waals surface area contributed by atoms with Crippen molar-refractivity contribution in [3.05, 3.63) is 82.8 Å². The van der Waals surface area contributed by atoms with Crippen LogP contribution in [0.3, 0.4) is 0 Å². The van der Waals surface area contributed by atoms with E-state index < -0.39 is 5.97 Å². The van der Waals surface area contributed by atoms with E-state index in [2.05, 4.69) is 15.3 Å². The van der Waals surface area contributed by atoms with E-state index in [-0.39, 0.29) is 18.0 Å². The number of carboxylic acid groups (broad SMARTS) is 1. The molecule has 26 heavy (non-hydrogen) atoms. The van der Waals surface area contributed by atoms with Crippen molar-refractivity contribution in [3.8, 4) is 5.75 Å². The first-order chi connectivity index (χ1) is 12.6. The maximum absolute atomic E-state index is 11.4. The fourth-order valence-corrected chi connectivity index (χ4v) is 2.46. The fraction of sp³-hybridized carbons (Fsp3) is 0.105. The molecular weight excluding hydrogens is 354 g/mol. The van der Waals surface area contributed by atoms with Gasteiger partial charge in [-0.15, -0.1) is 0 Å². The van der Waals surface area contributed by atoms with E-state index in [0.29, 0.717) is 23.1 Å². The molecule has 0 amide bonds. The van der Waals surface area contributed by atoms with Gasteiger partial charge < -0.3 is 15.2 Å². The van der Waals surface area contributed by atoms with E-state index in [4.69, 9.17) is 16.3 Å². The van der Waals surface area contributed by atoms with Gasteiger partial charge >= 0.3 is 5.97 Å². The molecule has 1 heterocycles. The minimum absolute atomic E-state index is 0.00225. The molecule has 3 rings (SSSR count). The Morgan fingerprint density at radius 3 is 2.58 bits per heavy atom. The van der Waals surface area contributed by atoms with Crippen molar-refractivity contribution in [1.82, 2.24) is 9.97 Å². The van der Waals surface area contributed by atoms with E-state index in [9.17, 15) is 9.90 Å². The number of halogens is 1. The second-order valence-corrected chi connectivity index (χ2v) is 5.82. The minimum Gasteiger partial charge on any atom is -0.484 e. The monoisotopic (exact) mass is 369 g/mol. The summed E-state index contributed by atoms with van der Waals surface area (Å²) in [7, 11) is 0. The van der Waals surface area contributed by atoms with Gasteiger partial charge in [-0.1, -0.05) is 54.1 Å². The number of aromatic nitrogens is 2. The van der Waals surface area contributed by atoms with E-state index in [0.717, 1.165) is 5.56 Å². The van der Waals surface area contributed by atoms with Crippen LogP contribution in [-0.4, -0.2) is 21.0 Å². The molecule has 7 heteroatoms. The standard InChI is InChI=1S/C19H16ClN3O3/c20-15-8-4-5-9-16(15)26-12-17-21-11-14(19(24)25)18(23-17)22-10-13-6-2-1-3-7-13/h1-9,11H,10,12H2,(H,24,25)(H,21,22,23). The smallest absolute Gasteiger partial charge is 0.341 e. The number of rotatable bonds is 7. The van der Waals surface area contributed by atoms with Crippen molar-refractivity contribution < 1.29 is 14.6 Å². The third-order valence-corrected chi connectivity index (χ3v) is 3.88. The van der Waals surface area contributed by atoms with Gasteiger partial charge in [-0.25, -0.2) is 14.8 Å². The molecule has 1 aromatic heterocycles. The minimum atomic E-state index is -1.10. The van der Waals surface area contributed by atoms with Crippen molar-refractivity contribution in [2.24, 2.45) is 0 Å². The molecule has 3 aromatic rings. The molecule has 0 aliphatic carbocycles. The molecule has 0 saturated heterocycles. The second kappa shape index (κ2) is 8.31. The normalized spacial score (nSPS) is 10.3. The lowest BCUT2D eigenvalue weighted by atomic mass is 10.2.